The molecule has 112 valence electrons. The fourth-order valence-corrected chi connectivity index (χ4v) is 1.88. The van der Waals surface area contributed by atoms with E-state index < -0.39 is 0 Å². The van der Waals surface area contributed by atoms with Crippen molar-refractivity contribution >= 4 is 11.7 Å². The van der Waals surface area contributed by atoms with E-state index in [2.05, 4.69) is 27.6 Å². The molecule has 0 radical (unpaired) electrons. The van der Waals surface area contributed by atoms with Crippen LogP contribution in [0.25, 0.3) is 0 Å². The van der Waals surface area contributed by atoms with Gasteiger partial charge in [0.2, 0.25) is 0 Å². The Labute approximate surface area is 124 Å². The molecule has 21 heavy (non-hydrogen) atoms. The number of carbonyl (C=O) groups excluding carboxylic acids is 1. The van der Waals surface area contributed by atoms with Gasteiger partial charge in [-0.3, -0.25) is 9.48 Å². The number of nitrogens with one attached hydrogen (secondary N) is 2. The first-order chi connectivity index (χ1) is 10.3. The maximum atomic E-state index is 12.0. The number of amides is 1. The van der Waals surface area contributed by atoms with Gasteiger partial charge in [0.25, 0.3) is 5.91 Å². The third kappa shape index (κ3) is 4.91. The third-order valence-electron chi connectivity index (χ3n) is 2.95. The highest BCUT2D eigenvalue weighted by atomic mass is 16.1. The number of aryl methyl sites for hydroxylation is 1. The molecule has 0 bridgehead atoms. The summed E-state index contributed by atoms with van der Waals surface area (Å²) in [6, 6.07) is 7.31. The smallest absolute Gasteiger partial charge is 0.269 e. The lowest BCUT2D eigenvalue weighted by Crippen LogP contribution is -2.26. The van der Waals surface area contributed by atoms with Gasteiger partial charge in [0.15, 0.2) is 0 Å². The van der Waals surface area contributed by atoms with Crippen LogP contribution in [0.1, 0.15) is 30.3 Å². The van der Waals surface area contributed by atoms with Gasteiger partial charge in [-0.25, -0.2) is 4.98 Å². The van der Waals surface area contributed by atoms with E-state index in [1.54, 1.807) is 12.3 Å². The van der Waals surface area contributed by atoms with Crippen molar-refractivity contribution < 1.29 is 4.79 Å². The number of nitrogens with zero attached hydrogens (tertiary/aromatic N) is 3. The number of pyridine rings is 1. The Morgan fingerprint density at radius 3 is 2.95 bits per heavy atom. The summed E-state index contributed by atoms with van der Waals surface area (Å²) >= 11 is 0. The molecule has 2 aromatic heterocycles. The van der Waals surface area contributed by atoms with Crippen LogP contribution in [-0.4, -0.2) is 33.8 Å². The Morgan fingerprint density at radius 1 is 1.29 bits per heavy atom. The highest BCUT2D eigenvalue weighted by molar-refractivity contribution is 5.92. The second kappa shape index (κ2) is 8.04. The van der Waals surface area contributed by atoms with Gasteiger partial charge in [-0.1, -0.05) is 13.0 Å². The molecule has 0 saturated carbocycles. The maximum Gasteiger partial charge on any atom is 0.269 e. The van der Waals surface area contributed by atoms with Crippen LogP contribution in [0.4, 0.5) is 5.82 Å². The predicted octanol–water partition coefficient (Wildman–Crippen LogP) is 1.92. The Balaban J connectivity index is 1.77. The number of hydrogen-bond donors (Lipinski definition) is 2. The molecule has 0 unspecified atom stereocenters. The highest BCUT2D eigenvalue weighted by Crippen LogP contribution is 2.04. The molecule has 0 fully saturated rings. The molecule has 2 rings (SSSR count). The fraction of sp³-hybridized carbons (Fsp3) is 0.400. The van der Waals surface area contributed by atoms with E-state index in [1.165, 1.54) is 0 Å². The quantitative estimate of drug-likeness (QED) is 0.728. The lowest BCUT2D eigenvalue weighted by atomic mass is 10.3. The van der Waals surface area contributed by atoms with E-state index in [0.29, 0.717) is 12.2 Å². The molecule has 0 aromatic carbocycles. The summed E-state index contributed by atoms with van der Waals surface area (Å²) in [4.78, 5) is 16.3. The molecule has 0 spiro atoms. The monoisotopic (exact) mass is 287 g/mol. The van der Waals surface area contributed by atoms with Crippen LogP contribution >= 0.6 is 0 Å². The molecule has 2 N–H and O–H groups in total. The lowest BCUT2D eigenvalue weighted by molar-refractivity contribution is 0.0948. The second-order valence-electron chi connectivity index (χ2n) is 4.71. The molecule has 1 amide bonds. The topological polar surface area (TPSA) is 71.8 Å². The summed E-state index contributed by atoms with van der Waals surface area (Å²) in [5.74, 6) is 0.594. The number of hydrogen-bond acceptors (Lipinski definition) is 4. The third-order valence-corrected chi connectivity index (χ3v) is 2.95. The van der Waals surface area contributed by atoms with Crippen LogP contribution < -0.4 is 10.6 Å². The van der Waals surface area contributed by atoms with Crippen LogP contribution in [0.5, 0.6) is 0 Å². The van der Waals surface area contributed by atoms with Crippen molar-refractivity contribution in [2.45, 2.75) is 26.3 Å². The first kappa shape index (κ1) is 15.0. The predicted molar refractivity (Wildman–Crippen MR) is 82.2 cm³/mol. The zero-order valence-electron chi connectivity index (χ0n) is 12.2. The van der Waals surface area contributed by atoms with E-state index in [0.717, 1.165) is 31.7 Å². The minimum Gasteiger partial charge on any atom is -0.370 e. The van der Waals surface area contributed by atoms with Gasteiger partial charge in [-0.05, 0) is 31.0 Å². The standard InChI is InChI=1S/C15H21N5O/c1-2-8-16-14-7-3-6-13(19-14)15(21)17-9-4-11-20-12-5-10-18-20/h3,5-7,10,12H,2,4,8-9,11H2,1H3,(H,16,19)(H,17,21). The summed E-state index contributed by atoms with van der Waals surface area (Å²) < 4.78 is 1.85. The zero-order valence-corrected chi connectivity index (χ0v) is 12.2. The fourth-order valence-electron chi connectivity index (χ4n) is 1.88. The number of aromatic nitrogens is 3. The SMILES string of the molecule is CCCNc1cccc(C(=O)NCCCn2cccn2)n1. The molecule has 2 heterocycles. The van der Waals surface area contributed by atoms with Crippen molar-refractivity contribution in [1.29, 1.82) is 0 Å². The zero-order chi connectivity index (χ0) is 14.9. The maximum absolute atomic E-state index is 12.0. The van der Waals surface area contributed by atoms with Crippen molar-refractivity contribution in [2.75, 3.05) is 18.4 Å². The Hall–Kier alpha value is -2.37. The van der Waals surface area contributed by atoms with E-state index >= 15 is 0 Å². The van der Waals surface area contributed by atoms with Crippen LogP contribution in [0.3, 0.4) is 0 Å². The summed E-state index contributed by atoms with van der Waals surface area (Å²) in [5, 5.41) is 10.2. The summed E-state index contributed by atoms with van der Waals surface area (Å²) in [6.45, 7) is 4.33. The Bertz CT molecular complexity index is 553. The summed E-state index contributed by atoms with van der Waals surface area (Å²) in [6.07, 6.45) is 5.51. The lowest BCUT2D eigenvalue weighted by Gasteiger charge is -2.07. The average Bonchev–Trinajstić information content (AvgIpc) is 3.03. The van der Waals surface area contributed by atoms with E-state index in [4.69, 9.17) is 0 Å². The molecule has 6 nitrogen and oxygen atoms in total. The van der Waals surface area contributed by atoms with Crippen molar-refractivity contribution in [3.63, 3.8) is 0 Å². The molecular formula is C15H21N5O. The average molecular weight is 287 g/mol. The molecular weight excluding hydrogens is 266 g/mol. The molecule has 0 aliphatic carbocycles. The molecule has 0 saturated heterocycles. The van der Waals surface area contributed by atoms with Gasteiger partial charge in [-0.15, -0.1) is 0 Å². The number of rotatable bonds is 8. The van der Waals surface area contributed by atoms with Crippen LogP contribution in [-0.2, 0) is 6.54 Å². The number of anilines is 1. The minimum absolute atomic E-state index is 0.143. The van der Waals surface area contributed by atoms with Gasteiger partial charge in [0.1, 0.15) is 11.5 Å². The largest absolute Gasteiger partial charge is 0.370 e. The summed E-state index contributed by atoms with van der Waals surface area (Å²) in [7, 11) is 0. The number of carbonyl (C=O) groups is 1. The van der Waals surface area contributed by atoms with Crippen LogP contribution in [0, 0.1) is 0 Å². The molecule has 6 heteroatoms. The highest BCUT2D eigenvalue weighted by Gasteiger charge is 2.07. The molecule has 2 aromatic rings. The van der Waals surface area contributed by atoms with Gasteiger partial charge >= 0.3 is 0 Å². The van der Waals surface area contributed by atoms with E-state index in [9.17, 15) is 4.79 Å². The van der Waals surface area contributed by atoms with Gasteiger partial charge < -0.3 is 10.6 Å². The minimum atomic E-state index is -0.143. The first-order valence-electron chi connectivity index (χ1n) is 7.26. The van der Waals surface area contributed by atoms with E-state index in [1.807, 2.05) is 29.1 Å². The summed E-state index contributed by atoms with van der Waals surface area (Å²) in [5.41, 5.74) is 0.440. The van der Waals surface area contributed by atoms with Gasteiger partial charge in [-0.2, -0.15) is 5.10 Å². The van der Waals surface area contributed by atoms with Crippen molar-refractivity contribution in [3.8, 4) is 0 Å². The molecule has 0 atom stereocenters. The van der Waals surface area contributed by atoms with Crippen molar-refractivity contribution in [2.24, 2.45) is 0 Å². The van der Waals surface area contributed by atoms with Crippen LogP contribution in [0.15, 0.2) is 36.7 Å². The van der Waals surface area contributed by atoms with Crippen molar-refractivity contribution in [1.82, 2.24) is 20.1 Å². The Kier molecular flexibility index (Phi) is 5.75. The van der Waals surface area contributed by atoms with Gasteiger partial charge in [0, 0.05) is 32.0 Å². The second-order valence-corrected chi connectivity index (χ2v) is 4.71. The normalized spacial score (nSPS) is 10.3. The van der Waals surface area contributed by atoms with Crippen molar-refractivity contribution in [3.05, 3.63) is 42.4 Å². The van der Waals surface area contributed by atoms with E-state index in [-0.39, 0.29) is 5.91 Å². The first-order valence-corrected chi connectivity index (χ1v) is 7.26. The Morgan fingerprint density at radius 2 is 2.19 bits per heavy atom. The van der Waals surface area contributed by atoms with Gasteiger partial charge in [0.05, 0.1) is 0 Å². The molecule has 0 aliphatic rings. The van der Waals surface area contributed by atoms with Crippen LogP contribution in [0.2, 0.25) is 0 Å². The molecule has 0 aliphatic heterocycles.